The van der Waals surface area contributed by atoms with Crippen molar-refractivity contribution in [3.05, 3.63) is 52.5 Å². The van der Waals surface area contributed by atoms with Crippen LogP contribution in [0.1, 0.15) is 31.0 Å². The molecule has 0 aliphatic heterocycles. The summed E-state index contributed by atoms with van der Waals surface area (Å²) in [7, 11) is -1.22. The normalized spacial score (nSPS) is 13.7. The van der Waals surface area contributed by atoms with Crippen molar-refractivity contribution >= 4 is 33.2 Å². The highest BCUT2D eigenvalue weighted by atomic mass is 35.5. The average Bonchev–Trinajstić information content (AvgIpc) is 2.72. The van der Waals surface area contributed by atoms with Crippen molar-refractivity contribution in [2.75, 3.05) is 24.8 Å². The molecule has 7 nitrogen and oxygen atoms in total. The molecule has 0 aromatic heterocycles. The van der Waals surface area contributed by atoms with Gasteiger partial charge in [0.15, 0.2) is 0 Å². The summed E-state index contributed by atoms with van der Waals surface area (Å²) < 4.78 is 75.9. The Labute approximate surface area is 195 Å². The summed E-state index contributed by atoms with van der Waals surface area (Å²) in [5, 5.41) is 2.08. The van der Waals surface area contributed by atoms with Gasteiger partial charge in [0.25, 0.3) is 0 Å². The molecule has 2 rings (SSSR count). The van der Waals surface area contributed by atoms with Crippen LogP contribution in [0.3, 0.4) is 0 Å². The highest BCUT2D eigenvalue weighted by molar-refractivity contribution is 7.92. The Morgan fingerprint density at radius 1 is 1.09 bits per heavy atom. The highest BCUT2D eigenvalue weighted by Crippen LogP contribution is 2.38. The second kappa shape index (κ2) is 10.1. The molecular weight excluding hydrogens is 485 g/mol. The second-order valence-electron chi connectivity index (χ2n) is 7.23. The first-order chi connectivity index (χ1) is 15.2. The first-order valence-corrected chi connectivity index (χ1v) is 11.8. The summed E-state index contributed by atoms with van der Waals surface area (Å²) in [6.45, 7) is 2.92. The van der Waals surface area contributed by atoms with Crippen LogP contribution in [0.2, 0.25) is 5.02 Å². The zero-order valence-electron chi connectivity index (χ0n) is 18.5. The summed E-state index contributed by atoms with van der Waals surface area (Å²) in [6, 6.07) is 5.60. The molecular formula is C21H24ClF3N2O5S. The third kappa shape index (κ3) is 6.23. The number of alkyl halides is 3. The standard InChI is InChI=1S/C21H24ClF3N2O5S/c1-12(16-11-15(31-3)7-9-19(16)32-4)26-20(28)13(2)27(33(5,29)30)14-6-8-18(22)17(10-14)21(23,24)25/h6-13H,1-5H3,(H,26,28)/t12-,13+/m1/s1. The maximum Gasteiger partial charge on any atom is 0.417 e. The molecule has 1 amide bonds. The highest BCUT2D eigenvalue weighted by Gasteiger charge is 2.36. The second-order valence-corrected chi connectivity index (χ2v) is 9.50. The maximum absolute atomic E-state index is 13.3. The van der Waals surface area contributed by atoms with Gasteiger partial charge in [-0.3, -0.25) is 9.10 Å². The number of nitrogens with one attached hydrogen (secondary N) is 1. The van der Waals surface area contributed by atoms with Crippen LogP contribution in [-0.4, -0.2) is 40.8 Å². The molecule has 0 aliphatic rings. The first-order valence-electron chi connectivity index (χ1n) is 9.59. The fourth-order valence-electron chi connectivity index (χ4n) is 3.27. The largest absolute Gasteiger partial charge is 0.497 e. The molecule has 12 heteroatoms. The number of anilines is 1. The number of ether oxygens (including phenoxy) is 2. The van der Waals surface area contributed by atoms with E-state index in [4.69, 9.17) is 21.1 Å². The van der Waals surface area contributed by atoms with Gasteiger partial charge < -0.3 is 14.8 Å². The van der Waals surface area contributed by atoms with Crippen molar-refractivity contribution in [2.45, 2.75) is 32.1 Å². The lowest BCUT2D eigenvalue weighted by molar-refractivity contribution is -0.137. The van der Waals surface area contributed by atoms with E-state index in [-0.39, 0.29) is 5.69 Å². The number of hydrogen-bond acceptors (Lipinski definition) is 5. The minimum atomic E-state index is -4.81. The number of sulfonamides is 1. The van der Waals surface area contributed by atoms with Crippen molar-refractivity contribution in [2.24, 2.45) is 0 Å². The van der Waals surface area contributed by atoms with Gasteiger partial charge in [0.1, 0.15) is 17.5 Å². The third-order valence-corrected chi connectivity index (χ3v) is 6.43. The number of carbonyl (C=O) groups is 1. The number of halogens is 4. The van der Waals surface area contributed by atoms with E-state index in [0.29, 0.717) is 27.4 Å². The predicted molar refractivity (Wildman–Crippen MR) is 119 cm³/mol. The lowest BCUT2D eigenvalue weighted by Gasteiger charge is -2.30. The van der Waals surface area contributed by atoms with Crippen LogP contribution in [0.15, 0.2) is 36.4 Å². The van der Waals surface area contributed by atoms with Gasteiger partial charge in [0.05, 0.1) is 42.8 Å². The summed E-state index contributed by atoms with van der Waals surface area (Å²) in [4.78, 5) is 13.0. The summed E-state index contributed by atoms with van der Waals surface area (Å²) in [5.74, 6) is 0.239. The van der Waals surface area contributed by atoms with Gasteiger partial charge in [-0.15, -0.1) is 0 Å². The number of benzene rings is 2. The molecule has 0 spiro atoms. The fraction of sp³-hybridized carbons (Fsp3) is 0.381. The average molecular weight is 509 g/mol. The Morgan fingerprint density at radius 2 is 1.73 bits per heavy atom. The fourth-order valence-corrected chi connectivity index (χ4v) is 4.66. The van der Waals surface area contributed by atoms with Crippen LogP contribution < -0.4 is 19.1 Å². The molecule has 0 fully saturated rings. The SMILES string of the molecule is COc1ccc(OC)c([C@@H](C)NC(=O)[C@H](C)N(c2ccc(Cl)c(C(F)(F)F)c2)S(C)(=O)=O)c1. The van der Waals surface area contributed by atoms with Crippen LogP contribution in [-0.2, 0) is 21.0 Å². The van der Waals surface area contributed by atoms with Crippen molar-refractivity contribution in [1.29, 1.82) is 0 Å². The summed E-state index contributed by atoms with van der Waals surface area (Å²) in [5.41, 5.74) is -0.991. The number of nitrogens with zero attached hydrogens (tertiary/aromatic N) is 1. The molecule has 0 saturated heterocycles. The molecule has 2 aromatic rings. The van der Waals surface area contributed by atoms with Crippen molar-refractivity contribution in [1.82, 2.24) is 5.32 Å². The minimum absolute atomic E-state index is 0.344. The van der Waals surface area contributed by atoms with Crippen molar-refractivity contribution in [3.8, 4) is 11.5 Å². The summed E-state index contributed by atoms with van der Waals surface area (Å²) >= 11 is 5.64. The topological polar surface area (TPSA) is 84.9 Å². The van der Waals surface area contributed by atoms with E-state index in [9.17, 15) is 26.4 Å². The zero-order chi connectivity index (χ0) is 25.1. The van der Waals surface area contributed by atoms with E-state index < -0.39 is 44.8 Å². The number of methoxy groups -OCH3 is 2. The van der Waals surface area contributed by atoms with Crippen LogP contribution in [0.25, 0.3) is 0 Å². The van der Waals surface area contributed by atoms with E-state index >= 15 is 0 Å². The lowest BCUT2D eigenvalue weighted by atomic mass is 10.1. The van der Waals surface area contributed by atoms with Gasteiger partial charge >= 0.3 is 6.18 Å². The monoisotopic (exact) mass is 508 g/mol. The Balaban J connectivity index is 2.40. The zero-order valence-corrected chi connectivity index (χ0v) is 20.1. The van der Waals surface area contributed by atoms with E-state index in [1.54, 1.807) is 25.1 Å². The van der Waals surface area contributed by atoms with Gasteiger partial charge in [-0.05, 0) is 50.2 Å². The maximum atomic E-state index is 13.3. The Bertz CT molecular complexity index is 1130. The Kier molecular flexibility index (Phi) is 8.13. The first kappa shape index (κ1) is 26.6. The molecule has 2 atom stereocenters. The van der Waals surface area contributed by atoms with Gasteiger partial charge in [0, 0.05) is 5.56 Å². The van der Waals surface area contributed by atoms with Gasteiger partial charge in [-0.2, -0.15) is 13.2 Å². The number of amides is 1. The summed E-state index contributed by atoms with van der Waals surface area (Å²) in [6.07, 6.45) is -4.01. The molecule has 0 bridgehead atoms. The van der Waals surface area contributed by atoms with Gasteiger partial charge in [-0.25, -0.2) is 8.42 Å². The lowest BCUT2D eigenvalue weighted by Crippen LogP contribution is -2.48. The quantitative estimate of drug-likeness (QED) is 0.571. The predicted octanol–water partition coefficient (Wildman–Crippen LogP) is 4.41. The molecule has 0 saturated carbocycles. The number of rotatable bonds is 8. The van der Waals surface area contributed by atoms with E-state index in [1.807, 2.05) is 0 Å². The minimum Gasteiger partial charge on any atom is -0.497 e. The van der Waals surface area contributed by atoms with E-state index in [0.717, 1.165) is 18.4 Å². The molecule has 0 heterocycles. The third-order valence-electron chi connectivity index (χ3n) is 4.86. The molecule has 1 N–H and O–H groups in total. The van der Waals surface area contributed by atoms with Crippen molar-refractivity contribution < 1.29 is 35.9 Å². The number of carbonyl (C=O) groups excluding carboxylic acids is 1. The molecule has 0 radical (unpaired) electrons. The van der Waals surface area contributed by atoms with E-state index in [1.165, 1.54) is 21.1 Å². The van der Waals surface area contributed by atoms with Crippen LogP contribution in [0.5, 0.6) is 11.5 Å². The molecule has 2 aromatic carbocycles. The molecule has 0 aliphatic carbocycles. The van der Waals surface area contributed by atoms with Crippen LogP contribution in [0, 0.1) is 0 Å². The Morgan fingerprint density at radius 3 is 2.24 bits per heavy atom. The molecule has 33 heavy (non-hydrogen) atoms. The van der Waals surface area contributed by atoms with Gasteiger partial charge in [0.2, 0.25) is 15.9 Å². The van der Waals surface area contributed by atoms with E-state index in [2.05, 4.69) is 5.32 Å². The van der Waals surface area contributed by atoms with Crippen LogP contribution >= 0.6 is 11.6 Å². The van der Waals surface area contributed by atoms with Crippen LogP contribution in [0.4, 0.5) is 18.9 Å². The number of hydrogen-bond donors (Lipinski definition) is 1. The van der Waals surface area contributed by atoms with Crippen molar-refractivity contribution in [3.63, 3.8) is 0 Å². The molecule has 0 unspecified atom stereocenters. The molecule has 182 valence electrons. The van der Waals surface area contributed by atoms with Gasteiger partial charge in [-0.1, -0.05) is 11.6 Å². The smallest absolute Gasteiger partial charge is 0.417 e. The Hall–Kier alpha value is -2.66.